The summed E-state index contributed by atoms with van der Waals surface area (Å²) in [6, 6.07) is 9.71. The number of benzene rings is 1. The molecule has 24 heavy (non-hydrogen) atoms. The largest absolute Gasteiger partial charge is 0.457 e. The van der Waals surface area contributed by atoms with Crippen molar-refractivity contribution in [2.45, 2.75) is 13.8 Å². The molecule has 0 aliphatic carbocycles. The lowest BCUT2D eigenvalue weighted by molar-refractivity contribution is -0.122. The van der Waals surface area contributed by atoms with Gasteiger partial charge in [0.25, 0.3) is 5.91 Å². The second kappa shape index (κ2) is 6.91. The molecule has 1 aliphatic heterocycles. The lowest BCUT2D eigenvalue weighted by atomic mass is 10.2. The third kappa shape index (κ3) is 3.60. The summed E-state index contributed by atoms with van der Waals surface area (Å²) in [6.07, 6.45) is 1.68. The summed E-state index contributed by atoms with van der Waals surface area (Å²) >= 11 is 6.56. The van der Waals surface area contributed by atoms with E-state index in [1.807, 2.05) is 13.8 Å². The molecule has 0 saturated carbocycles. The Kier molecular flexibility index (Phi) is 4.87. The quantitative estimate of drug-likeness (QED) is 0.570. The molecule has 6 heteroatoms. The Hall–Kier alpha value is -1.92. The molecule has 2 aromatic rings. The highest BCUT2D eigenvalue weighted by Crippen LogP contribution is 2.34. The van der Waals surface area contributed by atoms with Crippen molar-refractivity contribution in [3.05, 3.63) is 52.9 Å². The van der Waals surface area contributed by atoms with Crippen molar-refractivity contribution in [2.24, 2.45) is 5.92 Å². The van der Waals surface area contributed by atoms with Crippen LogP contribution in [0.15, 0.2) is 45.7 Å². The number of halogens is 1. The summed E-state index contributed by atoms with van der Waals surface area (Å²) in [5.74, 6) is 1.02. The maximum atomic E-state index is 13.3. The van der Waals surface area contributed by atoms with Gasteiger partial charge in [0.15, 0.2) is 0 Å². The van der Waals surface area contributed by atoms with Gasteiger partial charge in [0, 0.05) is 18.2 Å². The highest BCUT2D eigenvalue weighted by atomic mass is 32.2. The van der Waals surface area contributed by atoms with Crippen molar-refractivity contribution in [3.8, 4) is 11.3 Å². The number of amides is 1. The Balaban J connectivity index is 1.83. The summed E-state index contributed by atoms with van der Waals surface area (Å²) < 4.78 is 19.6. The smallest absolute Gasteiger partial charge is 0.266 e. The van der Waals surface area contributed by atoms with Crippen LogP contribution in [0.1, 0.15) is 19.6 Å². The van der Waals surface area contributed by atoms with Gasteiger partial charge in [-0.15, -0.1) is 0 Å². The predicted octanol–water partition coefficient (Wildman–Crippen LogP) is 4.94. The van der Waals surface area contributed by atoms with Gasteiger partial charge in [-0.1, -0.05) is 50.0 Å². The average molecular weight is 361 g/mol. The normalized spacial score (nSPS) is 16.7. The number of hydrogen-bond acceptors (Lipinski definition) is 4. The molecule has 3 nitrogen and oxygen atoms in total. The fourth-order valence-corrected chi connectivity index (χ4v) is 3.63. The van der Waals surface area contributed by atoms with E-state index in [9.17, 15) is 9.18 Å². The van der Waals surface area contributed by atoms with E-state index < -0.39 is 0 Å². The van der Waals surface area contributed by atoms with Crippen LogP contribution in [0.4, 0.5) is 4.39 Å². The molecule has 2 heterocycles. The average Bonchev–Trinajstić information content (AvgIpc) is 3.08. The second-order valence-corrected chi connectivity index (χ2v) is 7.57. The molecule has 1 aromatic heterocycles. The molecule has 0 radical (unpaired) electrons. The van der Waals surface area contributed by atoms with Gasteiger partial charge in [0.1, 0.15) is 21.7 Å². The van der Waals surface area contributed by atoms with Gasteiger partial charge in [0.2, 0.25) is 0 Å². The van der Waals surface area contributed by atoms with Gasteiger partial charge in [-0.05, 0) is 30.2 Å². The third-order valence-corrected chi connectivity index (χ3v) is 4.81. The van der Waals surface area contributed by atoms with Gasteiger partial charge in [-0.25, -0.2) is 4.39 Å². The summed E-state index contributed by atoms with van der Waals surface area (Å²) in [6.45, 7) is 4.69. The molecule has 0 atom stereocenters. The monoisotopic (exact) mass is 361 g/mol. The first kappa shape index (κ1) is 16.9. The van der Waals surface area contributed by atoms with Crippen LogP contribution in [-0.4, -0.2) is 21.7 Å². The summed E-state index contributed by atoms with van der Waals surface area (Å²) in [4.78, 5) is 14.6. The molecule has 0 unspecified atom stereocenters. The maximum absolute atomic E-state index is 13.3. The minimum Gasteiger partial charge on any atom is -0.457 e. The Bertz CT molecular complexity index is 826. The standard InChI is InChI=1S/C18H16FNO2S2/c1-11(2)10-20-17(21)16(24-18(20)23)9-14-6-7-15(22-14)12-4-3-5-13(19)8-12/h3-9,11H,10H2,1-2H3. The van der Waals surface area contributed by atoms with E-state index in [4.69, 9.17) is 16.6 Å². The first-order valence-electron chi connectivity index (χ1n) is 7.55. The zero-order chi connectivity index (χ0) is 17.3. The van der Waals surface area contributed by atoms with Crippen molar-refractivity contribution in [1.82, 2.24) is 4.90 Å². The third-order valence-electron chi connectivity index (χ3n) is 3.43. The summed E-state index contributed by atoms with van der Waals surface area (Å²) in [5, 5.41) is 0. The van der Waals surface area contributed by atoms with E-state index in [2.05, 4.69) is 0 Å². The van der Waals surface area contributed by atoms with Crippen LogP contribution in [-0.2, 0) is 4.79 Å². The number of nitrogens with zero attached hydrogens (tertiary/aromatic N) is 1. The van der Waals surface area contributed by atoms with Crippen molar-refractivity contribution in [3.63, 3.8) is 0 Å². The van der Waals surface area contributed by atoms with E-state index in [1.54, 1.807) is 35.2 Å². The number of hydrogen-bond donors (Lipinski definition) is 0. The van der Waals surface area contributed by atoms with Gasteiger partial charge in [-0.2, -0.15) is 0 Å². The van der Waals surface area contributed by atoms with E-state index in [1.165, 1.54) is 23.9 Å². The number of thioether (sulfide) groups is 1. The van der Waals surface area contributed by atoms with Crippen LogP contribution >= 0.6 is 24.0 Å². The zero-order valence-corrected chi connectivity index (χ0v) is 14.9. The van der Waals surface area contributed by atoms with Crippen LogP contribution in [0.2, 0.25) is 0 Å². The Morgan fingerprint density at radius 3 is 2.83 bits per heavy atom. The Morgan fingerprint density at radius 1 is 1.33 bits per heavy atom. The first-order valence-corrected chi connectivity index (χ1v) is 8.77. The van der Waals surface area contributed by atoms with E-state index in [-0.39, 0.29) is 11.7 Å². The van der Waals surface area contributed by atoms with Crippen molar-refractivity contribution in [1.29, 1.82) is 0 Å². The molecule has 1 saturated heterocycles. The van der Waals surface area contributed by atoms with Gasteiger partial charge in [0.05, 0.1) is 4.91 Å². The Morgan fingerprint density at radius 2 is 2.12 bits per heavy atom. The molecule has 0 spiro atoms. The molecule has 3 rings (SSSR count). The summed E-state index contributed by atoms with van der Waals surface area (Å²) in [7, 11) is 0. The SMILES string of the molecule is CC(C)CN1C(=O)C(=Cc2ccc(-c3cccc(F)c3)o2)SC1=S. The van der Waals surface area contributed by atoms with Crippen molar-refractivity contribution < 1.29 is 13.6 Å². The number of rotatable bonds is 4. The molecular weight excluding hydrogens is 345 g/mol. The van der Waals surface area contributed by atoms with Crippen LogP contribution < -0.4 is 0 Å². The van der Waals surface area contributed by atoms with Crippen molar-refractivity contribution in [2.75, 3.05) is 6.54 Å². The molecule has 0 bridgehead atoms. The molecule has 1 fully saturated rings. The minimum absolute atomic E-state index is 0.0950. The summed E-state index contributed by atoms with van der Waals surface area (Å²) in [5.41, 5.74) is 0.655. The van der Waals surface area contributed by atoms with Crippen molar-refractivity contribution >= 4 is 40.3 Å². The lowest BCUT2D eigenvalue weighted by Gasteiger charge is -2.16. The molecule has 1 aliphatic rings. The molecule has 1 aromatic carbocycles. The predicted molar refractivity (Wildman–Crippen MR) is 98.8 cm³/mol. The minimum atomic E-state index is -0.319. The zero-order valence-electron chi connectivity index (χ0n) is 13.3. The topological polar surface area (TPSA) is 33.5 Å². The lowest BCUT2D eigenvalue weighted by Crippen LogP contribution is -2.31. The number of thiocarbonyl (C=S) groups is 1. The van der Waals surface area contributed by atoms with E-state index in [0.29, 0.717) is 38.8 Å². The molecule has 124 valence electrons. The van der Waals surface area contributed by atoms with Crippen LogP contribution in [0.3, 0.4) is 0 Å². The van der Waals surface area contributed by atoms with Gasteiger partial charge in [-0.3, -0.25) is 9.69 Å². The Labute approximate surface area is 149 Å². The first-order chi connectivity index (χ1) is 11.4. The number of furan rings is 1. The number of carbonyl (C=O) groups is 1. The van der Waals surface area contributed by atoms with E-state index >= 15 is 0 Å². The molecular formula is C18H16FNO2S2. The fraction of sp³-hybridized carbons (Fsp3) is 0.222. The number of carbonyl (C=O) groups excluding carboxylic acids is 1. The molecule has 1 amide bonds. The van der Waals surface area contributed by atoms with Gasteiger partial charge >= 0.3 is 0 Å². The maximum Gasteiger partial charge on any atom is 0.266 e. The highest BCUT2D eigenvalue weighted by molar-refractivity contribution is 8.26. The fourth-order valence-electron chi connectivity index (χ4n) is 2.38. The second-order valence-electron chi connectivity index (χ2n) is 5.90. The van der Waals surface area contributed by atoms with E-state index in [0.717, 1.165) is 0 Å². The van der Waals surface area contributed by atoms with Crippen LogP contribution in [0.25, 0.3) is 17.4 Å². The van der Waals surface area contributed by atoms with Crippen LogP contribution in [0, 0.1) is 11.7 Å². The van der Waals surface area contributed by atoms with Gasteiger partial charge < -0.3 is 4.42 Å². The van der Waals surface area contributed by atoms with Crippen LogP contribution in [0.5, 0.6) is 0 Å². The molecule has 0 N–H and O–H groups in total. The highest BCUT2D eigenvalue weighted by Gasteiger charge is 2.32.